The smallest absolute Gasteiger partial charge is 0.246 e. The summed E-state index contributed by atoms with van der Waals surface area (Å²) < 4.78 is 28.4. The highest BCUT2D eigenvalue weighted by Crippen LogP contribution is 2.20. The van der Waals surface area contributed by atoms with Crippen molar-refractivity contribution >= 4 is 5.91 Å². The van der Waals surface area contributed by atoms with Crippen molar-refractivity contribution in [3.05, 3.63) is 65.8 Å². The topological polar surface area (TPSA) is 77.5 Å². The minimum absolute atomic E-state index is 0.107. The molecule has 0 atom stereocenters. The molecule has 2 aromatic heterocycles. The first-order chi connectivity index (χ1) is 11.7. The van der Waals surface area contributed by atoms with Gasteiger partial charge in [0, 0.05) is 12.6 Å². The quantitative estimate of drug-likeness (QED) is 0.721. The van der Waals surface area contributed by atoms with E-state index >= 15 is 0 Å². The van der Waals surface area contributed by atoms with Crippen LogP contribution in [0.2, 0.25) is 0 Å². The van der Waals surface area contributed by atoms with E-state index < -0.39 is 0 Å². The van der Waals surface area contributed by atoms with Gasteiger partial charge in [0.1, 0.15) is 18.1 Å². The molecule has 0 fully saturated rings. The first-order valence-corrected chi connectivity index (χ1v) is 7.29. The van der Waals surface area contributed by atoms with Gasteiger partial charge in [0.15, 0.2) is 5.76 Å². The number of aromatic nitrogens is 1. The summed E-state index contributed by atoms with van der Waals surface area (Å²) in [5.74, 6) is 0.495. The van der Waals surface area contributed by atoms with Gasteiger partial charge in [-0.25, -0.2) is 4.39 Å². The molecule has 24 heavy (non-hydrogen) atoms. The highest BCUT2D eigenvalue weighted by atomic mass is 19.1. The highest BCUT2D eigenvalue weighted by Gasteiger charge is 2.10. The number of nitrogens with zero attached hydrogens (tertiary/aromatic N) is 1. The van der Waals surface area contributed by atoms with Crippen LogP contribution < -0.4 is 5.32 Å². The van der Waals surface area contributed by atoms with Crippen LogP contribution in [0.4, 0.5) is 4.39 Å². The van der Waals surface area contributed by atoms with Crippen LogP contribution in [-0.2, 0) is 22.7 Å². The van der Waals surface area contributed by atoms with Crippen molar-refractivity contribution in [2.24, 2.45) is 0 Å². The average Bonchev–Trinajstić information content (AvgIpc) is 3.25. The predicted octanol–water partition coefficient (Wildman–Crippen LogP) is 2.91. The lowest BCUT2D eigenvalue weighted by atomic mass is 10.2. The monoisotopic (exact) mass is 330 g/mol. The standard InChI is InChI=1S/C17H15FN2O4/c18-13-5-3-12(4-6-13)9-19-17(21)11-22-10-14-8-16(24-20-14)15-2-1-7-23-15/h1-8H,9-11H2,(H,19,21). The van der Waals surface area contributed by atoms with Crippen LogP contribution >= 0.6 is 0 Å². The van der Waals surface area contributed by atoms with Gasteiger partial charge in [-0.05, 0) is 29.8 Å². The van der Waals surface area contributed by atoms with Crippen LogP contribution in [0.25, 0.3) is 11.5 Å². The van der Waals surface area contributed by atoms with E-state index in [2.05, 4.69) is 10.5 Å². The molecule has 0 aliphatic carbocycles. The zero-order valence-corrected chi connectivity index (χ0v) is 12.7. The maximum absolute atomic E-state index is 12.8. The van der Waals surface area contributed by atoms with Gasteiger partial charge in [0.05, 0.1) is 12.9 Å². The third-order valence-electron chi connectivity index (χ3n) is 3.21. The average molecular weight is 330 g/mol. The van der Waals surface area contributed by atoms with E-state index in [9.17, 15) is 9.18 Å². The molecule has 124 valence electrons. The number of ether oxygens (including phenoxy) is 1. The molecular weight excluding hydrogens is 315 g/mol. The Morgan fingerprint density at radius 2 is 2.04 bits per heavy atom. The maximum Gasteiger partial charge on any atom is 0.246 e. The molecule has 6 nitrogen and oxygen atoms in total. The van der Waals surface area contributed by atoms with E-state index in [-0.39, 0.29) is 24.9 Å². The number of carbonyl (C=O) groups excluding carboxylic acids is 1. The van der Waals surface area contributed by atoms with Crippen LogP contribution in [0.15, 0.2) is 57.7 Å². The molecular formula is C17H15FN2O4. The van der Waals surface area contributed by atoms with E-state index in [4.69, 9.17) is 13.7 Å². The molecule has 2 heterocycles. The maximum atomic E-state index is 12.8. The molecule has 0 saturated heterocycles. The van der Waals surface area contributed by atoms with Crippen LogP contribution in [0.1, 0.15) is 11.3 Å². The van der Waals surface area contributed by atoms with Crippen LogP contribution in [0.3, 0.4) is 0 Å². The predicted molar refractivity (Wildman–Crippen MR) is 82.1 cm³/mol. The third-order valence-corrected chi connectivity index (χ3v) is 3.21. The zero-order valence-electron chi connectivity index (χ0n) is 12.7. The van der Waals surface area contributed by atoms with Crippen molar-refractivity contribution in [3.63, 3.8) is 0 Å². The molecule has 0 saturated carbocycles. The van der Waals surface area contributed by atoms with Crippen molar-refractivity contribution in [1.29, 1.82) is 0 Å². The molecule has 0 spiro atoms. The second kappa shape index (κ2) is 7.56. The molecule has 0 unspecified atom stereocenters. The van der Waals surface area contributed by atoms with E-state index in [0.717, 1.165) is 5.56 Å². The zero-order chi connectivity index (χ0) is 16.8. The van der Waals surface area contributed by atoms with E-state index in [1.165, 1.54) is 12.1 Å². The lowest BCUT2D eigenvalue weighted by Gasteiger charge is -2.05. The molecule has 3 aromatic rings. The van der Waals surface area contributed by atoms with Crippen molar-refractivity contribution in [3.8, 4) is 11.5 Å². The Bertz CT molecular complexity index is 781. The van der Waals surface area contributed by atoms with Gasteiger partial charge in [0.25, 0.3) is 0 Å². The van der Waals surface area contributed by atoms with Crippen molar-refractivity contribution < 1.29 is 22.9 Å². The molecule has 1 N–H and O–H groups in total. The summed E-state index contributed by atoms with van der Waals surface area (Å²) in [6, 6.07) is 11.1. The van der Waals surface area contributed by atoms with Crippen LogP contribution in [0.5, 0.6) is 0 Å². The lowest BCUT2D eigenvalue weighted by Crippen LogP contribution is -2.27. The SMILES string of the molecule is O=C(COCc1cc(-c2ccco2)on1)NCc1ccc(F)cc1. The molecule has 3 rings (SSSR count). The Balaban J connectivity index is 1.40. The number of halogens is 1. The molecule has 1 amide bonds. The fourth-order valence-electron chi connectivity index (χ4n) is 2.02. The molecule has 0 aliphatic heterocycles. The van der Waals surface area contributed by atoms with Crippen molar-refractivity contribution in [2.45, 2.75) is 13.2 Å². The van der Waals surface area contributed by atoms with Gasteiger partial charge in [0.2, 0.25) is 11.7 Å². The summed E-state index contributed by atoms with van der Waals surface area (Å²) in [7, 11) is 0. The fraction of sp³-hybridized carbons (Fsp3) is 0.176. The second-order valence-electron chi connectivity index (χ2n) is 5.06. The Hall–Kier alpha value is -2.93. The normalized spacial score (nSPS) is 10.7. The summed E-state index contributed by atoms with van der Waals surface area (Å²) in [4.78, 5) is 11.7. The van der Waals surface area contributed by atoms with E-state index in [0.29, 0.717) is 23.8 Å². The highest BCUT2D eigenvalue weighted by molar-refractivity contribution is 5.77. The van der Waals surface area contributed by atoms with E-state index in [1.807, 2.05) is 0 Å². The van der Waals surface area contributed by atoms with Gasteiger partial charge in [-0.3, -0.25) is 4.79 Å². The van der Waals surface area contributed by atoms with Crippen LogP contribution in [0, 0.1) is 5.82 Å². The Morgan fingerprint density at radius 3 is 2.79 bits per heavy atom. The van der Waals surface area contributed by atoms with Gasteiger partial charge < -0.3 is 19.0 Å². The molecule has 0 radical (unpaired) electrons. The lowest BCUT2D eigenvalue weighted by molar-refractivity contribution is -0.126. The largest absolute Gasteiger partial charge is 0.461 e. The van der Waals surface area contributed by atoms with Gasteiger partial charge in [-0.2, -0.15) is 0 Å². The van der Waals surface area contributed by atoms with Gasteiger partial charge >= 0.3 is 0 Å². The van der Waals surface area contributed by atoms with E-state index in [1.54, 1.807) is 36.6 Å². The number of hydrogen-bond donors (Lipinski definition) is 1. The number of rotatable bonds is 7. The number of carbonyl (C=O) groups is 1. The molecule has 7 heteroatoms. The first-order valence-electron chi connectivity index (χ1n) is 7.29. The first kappa shape index (κ1) is 15.9. The van der Waals surface area contributed by atoms with Crippen LogP contribution in [-0.4, -0.2) is 17.7 Å². The third kappa shape index (κ3) is 4.30. The number of nitrogens with one attached hydrogen (secondary N) is 1. The summed E-state index contributed by atoms with van der Waals surface area (Å²) in [5.41, 5.74) is 1.37. The minimum Gasteiger partial charge on any atom is -0.461 e. The molecule has 0 bridgehead atoms. The van der Waals surface area contributed by atoms with Crippen molar-refractivity contribution in [1.82, 2.24) is 10.5 Å². The Kier molecular flexibility index (Phi) is 5.02. The summed E-state index contributed by atoms with van der Waals surface area (Å²) >= 11 is 0. The summed E-state index contributed by atoms with van der Waals surface area (Å²) in [6.07, 6.45) is 1.54. The van der Waals surface area contributed by atoms with Gasteiger partial charge in [-0.15, -0.1) is 0 Å². The number of furan rings is 1. The Labute approximate surface area is 137 Å². The van der Waals surface area contributed by atoms with Gasteiger partial charge in [-0.1, -0.05) is 17.3 Å². The second-order valence-corrected chi connectivity index (χ2v) is 5.06. The fourth-order valence-corrected chi connectivity index (χ4v) is 2.02. The molecule has 1 aromatic carbocycles. The van der Waals surface area contributed by atoms with Crippen molar-refractivity contribution in [2.75, 3.05) is 6.61 Å². The number of benzene rings is 1. The number of hydrogen-bond acceptors (Lipinski definition) is 5. The summed E-state index contributed by atoms with van der Waals surface area (Å²) in [6.45, 7) is 0.355. The Morgan fingerprint density at radius 1 is 1.21 bits per heavy atom. The minimum atomic E-state index is -0.310. The molecule has 0 aliphatic rings. The summed E-state index contributed by atoms with van der Waals surface area (Å²) in [5, 5.41) is 6.53. The number of amides is 1.